The molecule has 1 rings (SSSR count). The number of rotatable bonds is 7. The van der Waals surface area contributed by atoms with E-state index in [0.29, 0.717) is 0 Å². The van der Waals surface area contributed by atoms with Crippen molar-refractivity contribution in [2.75, 3.05) is 11.9 Å². The fourth-order valence-electron chi connectivity index (χ4n) is 2.87. The second-order valence-corrected chi connectivity index (χ2v) is 6.65. The molecule has 27 heavy (non-hydrogen) atoms. The molecule has 0 bridgehead atoms. The lowest BCUT2D eigenvalue weighted by molar-refractivity contribution is -0.353. The summed E-state index contributed by atoms with van der Waals surface area (Å²) >= 11 is 3.20. The second-order valence-electron chi connectivity index (χ2n) is 5.86. The van der Waals surface area contributed by atoms with Gasteiger partial charge in [0.2, 0.25) is 6.10 Å². The lowest BCUT2D eigenvalue weighted by atomic mass is 9.90. The summed E-state index contributed by atoms with van der Waals surface area (Å²) in [5, 5.41) is 9.96. The maximum atomic E-state index is 11.7. The van der Waals surface area contributed by atoms with Crippen molar-refractivity contribution < 1.29 is 48.0 Å². The molecule has 5 atom stereocenters. The van der Waals surface area contributed by atoms with Gasteiger partial charge in [0.15, 0.2) is 12.2 Å². The lowest BCUT2D eigenvalue weighted by Gasteiger charge is -2.49. The Morgan fingerprint density at radius 1 is 0.926 bits per heavy atom. The molecule has 0 unspecified atom stereocenters. The Labute approximate surface area is 164 Å². The standard InChI is InChI=1S/C16H23BrO10/c1-8(19)23-13-12(7-18)27-16(5-6-17,26-11(4)22)15(25-10(3)21)14(13)24-9(2)20/h12-15,18H,5-7H2,1-4H3/t12-,13-,14+,15-,16-/m1/s1. The van der Waals surface area contributed by atoms with Crippen LogP contribution in [0.3, 0.4) is 0 Å². The van der Waals surface area contributed by atoms with Crippen molar-refractivity contribution in [3.8, 4) is 0 Å². The number of halogens is 1. The first-order valence-corrected chi connectivity index (χ1v) is 9.24. The Hall–Kier alpha value is -1.72. The molecular formula is C16H23BrO10. The first kappa shape index (κ1) is 23.3. The quantitative estimate of drug-likeness (QED) is 0.323. The van der Waals surface area contributed by atoms with Crippen LogP contribution in [-0.4, -0.2) is 71.1 Å². The topological polar surface area (TPSA) is 135 Å². The molecule has 0 amide bonds. The molecule has 0 spiro atoms. The molecule has 0 radical (unpaired) electrons. The number of hydrogen-bond acceptors (Lipinski definition) is 10. The van der Waals surface area contributed by atoms with E-state index in [-0.39, 0.29) is 11.8 Å². The zero-order valence-corrected chi connectivity index (χ0v) is 17.0. The van der Waals surface area contributed by atoms with Crippen LogP contribution in [0, 0.1) is 0 Å². The molecule has 1 heterocycles. The molecule has 10 nitrogen and oxygen atoms in total. The van der Waals surface area contributed by atoms with Crippen molar-refractivity contribution in [2.24, 2.45) is 0 Å². The third kappa shape index (κ3) is 6.15. The summed E-state index contributed by atoms with van der Waals surface area (Å²) in [6.07, 6.45) is -5.32. The van der Waals surface area contributed by atoms with Crippen LogP contribution in [0.1, 0.15) is 34.1 Å². The van der Waals surface area contributed by atoms with E-state index in [1.807, 2.05) is 0 Å². The molecular weight excluding hydrogens is 432 g/mol. The zero-order valence-electron chi connectivity index (χ0n) is 15.4. The number of alkyl halides is 1. The summed E-state index contributed by atoms with van der Waals surface area (Å²) in [5.41, 5.74) is 0. The number of esters is 4. The highest BCUT2D eigenvalue weighted by molar-refractivity contribution is 9.09. The van der Waals surface area contributed by atoms with Crippen molar-refractivity contribution in [2.45, 2.75) is 64.3 Å². The van der Waals surface area contributed by atoms with Gasteiger partial charge in [-0.3, -0.25) is 19.2 Å². The number of aliphatic hydroxyl groups is 1. The predicted molar refractivity (Wildman–Crippen MR) is 91.5 cm³/mol. The van der Waals surface area contributed by atoms with Crippen LogP contribution in [0.2, 0.25) is 0 Å². The van der Waals surface area contributed by atoms with Crippen LogP contribution < -0.4 is 0 Å². The molecule has 1 aliphatic heterocycles. The molecule has 0 aromatic rings. The van der Waals surface area contributed by atoms with E-state index in [1.54, 1.807) is 0 Å². The Morgan fingerprint density at radius 3 is 1.85 bits per heavy atom. The molecule has 1 fully saturated rings. The molecule has 1 saturated heterocycles. The minimum absolute atomic E-state index is 0.00835. The molecule has 0 aromatic carbocycles. The average molecular weight is 455 g/mol. The molecule has 0 aliphatic carbocycles. The molecule has 0 aromatic heterocycles. The van der Waals surface area contributed by atoms with Gasteiger partial charge in [-0.15, -0.1) is 0 Å². The molecule has 1 N–H and O–H groups in total. The van der Waals surface area contributed by atoms with Crippen LogP contribution >= 0.6 is 15.9 Å². The van der Waals surface area contributed by atoms with Gasteiger partial charge in [0, 0.05) is 39.4 Å². The fourth-order valence-corrected chi connectivity index (χ4v) is 3.42. The van der Waals surface area contributed by atoms with Crippen molar-refractivity contribution >= 4 is 39.8 Å². The summed E-state index contributed by atoms with van der Waals surface area (Å²) in [7, 11) is 0. The molecule has 0 saturated carbocycles. The Bertz CT molecular complexity index is 580. The normalized spacial score (nSPS) is 30.1. The highest BCUT2D eigenvalue weighted by Crippen LogP contribution is 2.39. The molecule has 154 valence electrons. The van der Waals surface area contributed by atoms with Gasteiger partial charge in [-0.05, 0) is 0 Å². The number of ether oxygens (including phenoxy) is 5. The number of carbonyl (C=O) groups excluding carboxylic acids is 4. The summed E-state index contributed by atoms with van der Waals surface area (Å²) in [4.78, 5) is 46.5. The minimum atomic E-state index is -1.87. The van der Waals surface area contributed by atoms with Crippen LogP contribution in [0.25, 0.3) is 0 Å². The van der Waals surface area contributed by atoms with Crippen LogP contribution in [-0.2, 0) is 42.9 Å². The Morgan fingerprint density at radius 2 is 1.44 bits per heavy atom. The number of hydrogen-bond donors (Lipinski definition) is 1. The highest BCUT2D eigenvalue weighted by atomic mass is 79.9. The van der Waals surface area contributed by atoms with Crippen molar-refractivity contribution in [1.29, 1.82) is 0 Å². The smallest absolute Gasteiger partial charge is 0.305 e. The van der Waals surface area contributed by atoms with Crippen molar-refractivity contribution in [3.05, 3.63) is 0 Å². The maximum Gasteiger partial charge on any atom is 0.305 e. The summed E-state index contributed by atoms with van der Waals surface area (Å²) in [5.74, 6) is -4.89. The van der Waals surface area contributed by atoms with E-state index >= 15 is 0 Å². The van der Waals surface area contributed by atoms with Gasteiger partial charge in [0.1, 0.15) is 6.10 Å². The SMILES string of the molecule is CC(=O)O[C@H]1[C@H](OC(C)=O)[C@@H](CO)O[C@@](CCBr)(OC(C)=O)[C@@H]1OC(C)=O. The first-order chi connectivity index (χ1) is 12.6. The van der Waals surface area contributed by atoms with Crippen LogP contribution in [0.4, 0.5) is 0 Å². The molecule has 11 heteroatoms. The largest absolute Gasteiger partial charge is 0.456 e. The second kappa shape index (κ2) is 10.00. The van der Waals surface area contributed by atoms with Gasteiger partial charge in [-0.1, -0.05) is 15.9 Å². The fraction of sp³-hybridized carbons (Fsp3) is 0.750. The monoisotopic (exact) mass is 454 g/mol. The molecule has 1 aliphatic rings. The first-order valence-electron chi connectivity index (χ1n) is 8.12. The van der Waals surface area contributed by atoms with Gasteiger partial charge in [0.05, 0.1) is 6.61 Å². The van der Waals surface area contributed by atoms with Gasteiger partial charge in [-0.25, -0.2) is 0 Å². The maximum absolute atomic E-state index is 11.7. The highest BCUT2D eigenvalue weighted by Gasteiger charge is 2.61. The van der Waals surface area contributed by atoms with E-state index < -0.39 is 60.7 Å². The summed E-state index contributed by atoms with van der Waals surface area (Å²) < 4.78 is 26.7. The van der Waals surface area contributed by atoms with Gasteiger partial charge in [0.25, 0.3) is 5.79 Å². The minimum Gasteiger partial charge on any atom is -0.456 e. The Kier molecular flexibility index (Phi) is 8.63. The van der Waals surface area contributed by atoms with Crippen LogP contribution in [0.5, 0.6) is 0 Å². The van der Waals surface area contributed by atoms with Gasteiger partial charge in [-0.2, -0.15) is 0 Å². The summed E-state index contributed by atoms with van der Waals surface area (Å²) in [6, 6.07) is 0. The van der Waals surface area contributed by atoms with E-state index in [0.717, 1.165) is 27.7 Å². The number of aliphatic hydroxyl groups excluding tert-OH is 1. The van der Waals surface area contributed by atoms with E-state index in [1.165, 1.54) is 0 Å². The third-order valence-electron chi connectivity index (χ3n) is 3.61. The zero-order chi connectivity index (χ0) is 20.8. The Balaban J connectivity index is 3.52. The average Bonchev–Trinajstić information content (AvgIpc) is 2.51. The third-order valence-corrected chi connectivity index (χ3v) is 4.01. The van der Waals surface area contributed by atoms with E-state index in [4.69, 9.17) is 23.7 Å². The van der Waals surface area contributed by atoms with E-state index in [2.05, 4.69) is 15.9 Å². The van der Waals surface area contributed by atoms with Gasteiger partial charge >= 0.3 is 23.9 Å². The predicted octanol–water partition coefficient (Wildman–Crippen LogP) is 0.217. The number of carbonyl (C=O) groups is 4. The lowest BCUT2D eigenvalue weighted by Crippen LogP contribution is -2.69. The summed E-state index contributed by atoms with van der Waals surface area (Å²) in [6.45, 7) is 3.81. The van der Waals surface area contributed by atoms with Crippen molar-refractivity contribution in [1.82, 2.24) is 0 Å². The van der Waals surface area contributed by atoms with Crippen LogP contribution in [0.15, 0.2) is 0 Å². The van der Waals surface area contributed by atoms with E-state index in [9.17, 15) is 24.3 Å². The van der Waals surface area contributed by atoms with Gasteiger partial charge < -0.3 is 28.8 Å². The van der Waals surface area contributed by atoms with Crippen molar-refractivity contribution in [3.63, 3.8) is 0 Å².